The van der Waals surface area contributed by atoms with Crippen LogP contribution in [-0.4, -0.2) is 4.98 Å². The summed E-state index contributed by atoms with van der Waals surface area (Å²) in [5.74, 6) is 0. The van der Waals surface area contributed by atoms with E-state index in [0.717, 1.165) is 10.2 Å². The zero-order chi connectivity index (χ0) is 7.56. The van der Waals surface area contributed by atoms with Gasteiger partial charge in [0, 0.05) is 22.8 Å². The first kappa shape index (κ1) is 7.50. The Morgan fingerprint density at radius 1 is 1.60 bits per heavy atom. The van der Waals surface area contributed by atoms with Gasteiger partial charge in [-0.3, -0.25) is 4.79 Å². The van der Waals surface area contributed by atoms with Crippen molar-refractivity contribution in [1.82, 2.24) is 4.98 Å². The number of pyridine rings is 1. The third-order valence-electron chi connectivity index (χ3n) is 1.15. The third kappa shape index (κ3) is 1.46. The van der Waals surface area contributed by atoms with Gasteiger partial charge < -0.3 is 10.7 Å². The molecule has 3 nitrogen and oxygen atoms in total. The Morgan fingerprint density at radius 3 is 2.80 bits per heavy atom. The molecule has 0 bridgehead atoms. The Bertz CT molecular complexity index is 281. The number of hydrogen-bond donors (Lipinski definition) is 2. The van der Waals surface area contributed by atoms with Gasteiger partial charge in [-0.05, 0) is 22.0 Å². The summed E-state index contributed by atoms with van der Waals surface area (Å²) < 4.78 is 0.842. The minimum absolute atomic E-state index is 0.122. The van der Waals surface area contributed by atoms with Crippen LogP contribution in [0.2, 0.25) is 0 Å². The van der Waals surface area contributed by atoms with Crippen LogP contribution in [0.1, 0.15) is 5.69 Å². The minimum atomic E-state index is -0.122. The highest BCUT2D eigenvalue weighted by Gasteiger charge is 1.95. The molecule has 0 spiro atoms. The van der Waals surface area contributed by atoms with Crippen molar-refractivity contribution in [1.29, 1.82) is 0 Å². The van der Waals surface area contributed by atoms with E-state index in [9.17, 15) is 4.79 Å². The zero-order valence-electron chi connectivity index (χ0n) is 5.23. The fraction of sp³-hybridized carbons (Fsp3) is 0.167. The first-order valence-electron chi connectivity index (χ1n) is 2.82. The van der Waals surface area contributed by atoms with E-state index in [1.165, 1.54) is 6.07 Å². The summed E-state index contributed by atoms with van der Waals surface area (Å²) in [5, 5.41) is 0. The first-order chi connectivity index (χ1) is 4.74. The highest BCUT2D eigenvalue weighted by Crippen LogP contribution is 2.09. The molecule has 0 atom stereocenters. The molecular formula is C6H7BrN2O. The number of halogens is 1. The average molecular weight is 203 g/mol. The predicted molar refractivity (Wildman–Crippen MR) is 42.7 cm³/mol. The van der Waals surface area contributed by atoms with E-state index in [1.54, 1.807) is 6.07 Å². The average Bonchev–Trinajstić information content (AvgIpc) is 1.94. The Kier molecular flexibility index (Phi) is 2.24. The first-order valence-corrected chi connectivity index (χ1v) is 3.61. The van der Waals surface area contributed by atoms with Gasteiger partial charge in [0.05, 0.1) is 0 Å². The van der Waals surface area contributed by atoms with Crippen LogP contribution in [0.25, 0.3) is 0 Å². The van der Waals surface area contributed by atoms with Gasteiger partial charge in [0.2, 0.25) is 5.56 Å². The van der Waals surface area contributed by atoms with Crippen LogP contribution in [-0.2, 0) is 6.54 Å². The lowest BCUT2D eigenvalue weighted by Crippen LogP contribution is -2.10. The maximum Gasteiger partial charge on any atom is 0.248 e. The molecule has 0 aliphatic carbocycles. The maximum absolute atomic E-state index is 10.7. The summed E-state index contributed by atoms with van der Waals surface area (Å²) >= 11 is 3.24. The molecule has 3 N–H and O–H groups in total. The summed E-state index contributed by atoms with van der Waals surface area (Å²) in [7, 11) is 0. The molecule has 1 aromatic rings. The van der Waals surface area contributed by atoms with Crippen molar-refractivity contribution in [3.05, 3.63) is 32.7 Å². The second-order valence-corrected chi connectivity index (χ2v) is 2.71. The largest absolute Gasteiger partial charge is 0.325 e. The lowest BCUT2D eigenvalue weighted by Gasteiger charge is -1.97. The van der Waals surface area contributed by atoms with Crippen LogP contribution in [0.15, 0.2) is 21.4 Å². The third-order valence-corrected chi connectivity index (χ3v) is 1.89. The minimum Gasteiger partial charge on any atom is -0.325 e. The summed E-state index contributed by atoms with van der Waals surface area (Å²) in [6.45, 7) is 0.344. The Morgan fingerprint density at radius 2 is 2.30 bits per heavy atom. The molecule has 1 aromatic heterocycles. The van der Waals surface area contributed by atoms with Crippen molar-refractivity contribution < 1.29 is 0 Å². The van der Waals surface area contributed by atoms with E-state index in [1.807, 2.05) is 0 Å². The molecule has 0 unspecified atom stereocenters. The molecule has 1 rings (SSSR count). The molecule has 0 radical (unpaired) electrons. The van der Waals surface area contributed by atoms with E-state index in [0.29, 0.717) is 6.54 Å². The maximum atomic E-state index is 10.7. The Balaban J connectivity index is 3.22. The van der Waals surface area contributed by atoms with Gasteiger partial charge in [-0.25, -0.2) is 0 Å². The van der Waals surface area contributed by atoms with Crippen LogP contribution in [0.4, 0.5) is 0 Å². The number of rotatable bonds is 1. The van der Waals surface area contributed by atoms with Crippen LogP contribution in [0, 0.1) is 0 Å². The monoisotopic (exact) mass is 202 g/mol. The van der Waals surface area contributed by atoms with Gasteiger partial charge in [-0.15, -0.1) is 0 Å². The molecule has 0 saturated carbocycles. The topological polar surface area (TPSA) is 58.9 Å². The second kappa shape index (κ2) is 2.98. The molecule has 0 aromatic carbocycles. The number of nitrogens with one attached hydrogen (secondary N) is 1. The van der Waals surface area contributed by atoms with Crippen LogP contribution in [0.5, 0.6) is 0 Å². The second-order valence-electron chi connectivity index (χ2n) is 1.85. The van der Waals surface area contributed by atoms with Crippen molar-refractivity contribution in [3.63, 3.8) is 0 Å². The number of nitrogens with two attached hydrogens (primary N) is 1. The molecule has 0 aliphatic heterocycles. The summed E-state index contributed by atoms with van der Waals surface area (Å²) in [4.78, 5) is 13.3. The molecule has 54 valence electrons. The normalized spacial score (nSPS) is 9.80. The molecule has 0 saturated heterocycles. The summed E-state index contributed by atoms with van der Waals surface area (Å²) in [6.07, 6.45) is 0. The lowest BCUT2D eigenvalue weighted by atomic mass is 10.3. The summed E-state index contributed by atoms with van der Waals surface area (Å²) in [6, 6.07) is 3.13. The van der Waals surface area contributed by atoms with Crippen molar-refractivity contribution in [2.24, 2.45) is 5.73 Å². The highest BCUT2D eigenvalue weighted by atomic mass is 79.9. The highest BCUT2D eigenvalue weighted by molar-refractivity contribution is 9.10. The van der Waals surface area contributed by atoms with Gasteiger partial charge in [0.25, 0.3) is 0 Å². The molecule has 0 amide bonds. The SMILES string of the molecule is NCc1[nH]c(=O)ccc1Br. The van der Waals surface area contributed by atoms with Gasteiger partial charge in [0.15, 0.2) is 0 Å². The molecule has 0 aliphatic rings. The van der Waals surface area contributed by atoms with Gasteiger partial charge in [0.1, 0.15) is 0 Å². The lowest BCUT2D eigenvalue weighted by molar-refractivity contribution is 0.962. The predicted octanol–water partition coefficient (Wildman–Crippen LogP) is 0.596. The fourth-order valence-corrected chi connectivity index (χ4v) is 1.04. The molecular weight excluding hydrogens is 196 g/mol. The molecule has 0 fully saturated rings. The zero-order valence-corrected chi connectivity index (χ0v) is 6.81. The number of hydrogen-bond acceptors (Lipinski definition) is 2. The van der Waals surface area contributed by atoms with Gasteiger partial charge in [-0.1, -0.05) is 0 Å². The van der Waals surface area contributed by atoms with Gasteiger partial charge in [-0.2, -0.15) is 0 Å². The molecule has 1 heterocycles. The molecule has 10 heavy (non-hydrogen) atoms. The van der Waals surface area contributed by atoms with Crippen LogP contribution < -0.4 is 11.3 Å². The van der Waals surface area contributed by atoms with Crippen molar-refractivity contribution in [3.8, 4) is 0 Å². The molecule has 4 heteroatoms. The Labute approximate surface area is 66.4 Å². The number of H-pyrrole nitrogens is 1. The Hall–Kier alpha value is -0.610. The smallest absolute Gasteiger partial charge is 0.248 e. The van der Waals surface area contributed by atoms with E-state index in [-0.39, 0.29) is 5.56 Å². The number of aromatic nitrogens is 1. The number of aromatic amines is 1. The van der Waals surface area contributed by atoms with Crippen LogP contribution >= 0.6 is 15.9 Å². The van der Waals surface area contributed by atoms with Crippen LogP contribution in [0.3, 0.4) is 0 Å². The van der Waals surface area contributed by atoms with Crippen molar-refractivity contribution in [2.45, 2.75) is 6.54 Å². The van der Waals surface area contributed by atoms with E-state index < -0.39 is 0 Å². The van der Waals surface area contributed by atoms with Gasteiger partial charge >= 0.3 is 0 Å². The quantitative estimate of drug-likeness (QED) is 0.701. The summed E-state index contributed by atoms with van der Waals surface area (Å²) in [5.41, 5.74) is 5.93. The van der Waals surface area contributed by atoms with Crippen molar-refractivity contribution >= 4 is 15.9 Å². The van der Waals surface area contributed by atoms with E-state index >= 15 is 0 Å². The van der Waals surface area contributed by atoms with Crippen molar-refractivity contribution in [2.75, 3.05) is 0 Å². The standard InChI is InChI=1S/C6H7BrN2O/c7-4-1-2-6(10)9-5(4)3-8/h1-2H,3,8H2,(H,9,10). The fourth-order valence-electron chi connectivity index (χ4n) is 0.648. The van der Waals surface area contributed by atoms with E-state index in [4.69, 9.17) is 5.73 Å². The van der Waals surface area contributed by atoms with E-state index in [2.05, 4.69) is 20.9 Å².